The maximum Gasteiger partial charge on any atom is 0.245 e. The van der Waals surface area contributed by atoms with Crippen molar-refractivity contribution in [2.75, 3.05) is 38.2 Å². The molecule has 1 aliphatic rings. The van der Waals surface area contributed by atoms with Gasteiger partial charge < -0.3 is 15.5 Å². The Bertz CT molecular complexity index is 267. The van der Waals surface area contributed by atoms with Crippen molar-refractivity contribution >= 4 is 23.6 Å². The molecule has 0 bridgehead atoms. The minimum atomic E-state index is -0.363. The van der Waals surface area contributed by atoms with Crippen LogP contribution in [0.25, 0.3) is 0 Å². The Kier molecular flexibility index (Phi) is 6.36. The van der Waals surface area contributed by atoms with Crippen molar-refractivity contribution in [3.63, 3.8) is 0 Å². The fourth-order valence-electron chi connectivity index (χ4n) is 1.84. The summed E-state index contributed by atoms with van der Waals surface area (Å²) in [7, 11) is 0. The molecule has 98 valence electrons. The van der Waals surface area contributed by atoms with Crippen LogP contribution in [0, 0.1) is 0 Å². The Labute approximate surface area is 107 Å². The van der Waals surface area contributed by atoms with E-state index in [0.717, 1.165) is 31.9 Å². The molecule has 6 heteroatoms. The number of nitrogens with zero attached hydrogens (tertiary/aromatic N) is 1. The molecule has 0 aromatic carbocycles. The third kappa shape index (κ3) is 4.95. The van der Waals surface area contributed by atoms with Gasteiger partial charge in [0.05, 0.1) is 0 Å². The molecule has 1 saturated heterocycles. The molecule has 5 nitrogen and oxygen atoms in total. The zero-order valence-electron chi connectivity index (χ0n) is 10.5. The van der Waals surface area contributed by atoms with E-state index in [9.17, 15) is 9.59 Å². The Hall–Kier alpha value is -0.750. The van der Waals surface area contributed by atoms with Crippen LogP contribution in [0.4, 0.5) is 0 Å². The van der Waals surface area contributed by atoms with Crippen LogP contribution in [0.15, 0.2) is 0 Å². The first-order chi connectivity index (χ1) is 8.15. The average Bonchev–Trinajstić information content (AvgIpc) is 2.34. The van der Waals surface area contributed by atoms with Gasteiger partial charge in [0.25, 0.3) is 0 Å². The van der Waals surface area contributed by atoms with Gasteiger partial charge in [0.1, 0.15) is 6.04 Å². The molecule has 0 saturated carbocycles. The summed E-state index contributed by atoms with van der Waals surface area (Å²) in [5.74, 6) is 0.790. The predicted molar refractivity (Wildman–Crippen MR) is 70.1 cm³/mol. The van der Waals surface area contributed by atoms with Crippen LogP contribution in [0.2, 0.25) is 0 Å². The van der Waals surface area contributed by atoms with Crippen molar-refractivity contribution in [3.05, 3.63) is 0 Å². The lowest BCUT2D eigenvalue weighted by Crippen LogP contribution is -2.54. The van der Waals surface area contributed by atoms with Crippen LogP contribution in [-0.2, 0) is 9.59 Å². The quantitative estimate of drug-likeness (QED) is 0.710. The number of nitrogens with one attached hydrogen (secondary N) is 2. The Morgan fingerprint density at radius 2 is 2.06 bits per heavy atom. The number of rotatable bonds is 5. The van der Waals surface area contributed by atoms with Gasteiger partial charge in [-0.25, -0.2) is 0 Å². The van der Waals surface area contributed by atoms with E-state index in [1.807, 2.05) is 11.2 Å². The van der Waals surface area contributed by atoms with Gasteiger partial charge in [-0.3, -0.25) is 9.59 Å². The number of hydrogen-bond acceptors (Lipinski definition) is 4. The highest BCUT2D eigenvalue weighted by Gasteiger charge is 2.25. The molecule has 0 unspecified atom stereocenters. The molecule has 0 aliphatic carbocycles. The van der Waals surface area contributed by atoms with E-state index >= 15 is 0 Å². The molecule has 1 fully saturated rings. The SMILES string of the molecule is CSCC[C@H](NC(C)=O)C(=O)N1CCNCC1. The first-order valence-electron chi connectivity index (χ1n) is 5.90. The van der Waals surface area contributed by atoms with Gasteiger partial charge in [-0.05, 0) is 18.4 Å². The summed E-state index contributed by atoms with van der Waals surface area (Å²) < 4.78 is 0. The molecule has 1 atom stereocenters. The summed E-state index contributed by atoms with van der Waals surface area (Å²) in [6.07, 6.45) is 2.70. The number of amides is 2. The predicted octanol–water partition coefficient (Wildman–Crippen LogP) is -0.324. The Morgan fingerprint density at radius 1 is 1.41 bits per heavy atom. The maximum absolute atomic E-state index is 12.2. The van der Waals surface area contributed by atoms with Crippen molar-refractivity contribution in [1.82, 2.24) is 15.5 Å². The van der Waals surface area contributed by atoms with Crippen LogP contribution in [0.5, 0.6) is 0 Å². The first kappa shape index (κ1) is 14.3. The molecule has 0 aromatic rings. The number of carbonyl (C=O) groups excluding carboxylic acids is 2. The van der Waals surface area contributed by atoms with Crippen LogP contribution >= 0.6 is 11.8 Å². The molecule has 1 aliphatic heterocycles. The Morgan fingerprint density at radius 3 is 2.59 bits per heavy atom. The highest BCUT2D eigenvalue weighted by atomic mass is 32.2. The van der Waals surface area contributed by atoms with Gasteiger partial charge in [-0.15, -0.1) is 0 Å². The second kappa shape index (κ2) is 7.55. The van der Waals surface area contributed by atoms with Gasteiger partial charge >= 0.3 is 0 Å². The van der Waals surface area contributed by atoms with E-state index in [4.69, 9.17) is 0 Å². The summed E-state index contributed by atoms with van der Waals surface area (Å²) in [6.45, 7) is 4.58. The summed E-state index contributed by atoms with van der Waals surface area (Å²) in [4.78, 5) is 25.1. The van der Waals surface area contributed by atoms with Crippen molar-refractivity contribution in [3.8, 4) is 0 Å². The summed E-state index contributed by atoms with van der Waals surface area (Å²) in [5.41, 5.74) is 0. The minimum absolute atomic E-state index is 0.0516. The Balaban J connectivity index is 2.53. The summed E-state index contributed by atoms with van der Waals surface area (Å²) in [5, 5.41) is 5.95. The van der Waals surface area contributed by atoms with Gasteiger partial charge in [0.15, 0.2) is 0 Å². The standard InChI is InChI=1S/C11H21N3O2S/c1-9(15)13-10(3-8-17-2)11(16)14-6-4-12-5-7-14/h10,12H,3-8H2,1-2H3,(H,13,15)/t10-/m0/s1. The minimum Gasteiger partial charge on any atom is -0.345 e. The van der Waals surface area contributed by atoms with Crippen molar-refractivity contribution in [2.45, 2.75) is 19.4 Å². The van der Waals surface area contributed by atoms with E-state index < -0.39 is 0 Å². The number of piperazine rings is 1. The van der Waals surface area contributed by atoms with Gasteiger partial charge in [-0.2, -0.15) is 11.8 Å². The molecule has 17 heavy (non-hydrogen) atoms. The zero-order valence-corrected chi connectivity index (χ0v) is 11.3. The van der Waals surface area contributed by atoms with E-state index in [1.165, 1.54) is 6.92 Å². The third-order valence-corrected chi connectivity index (χ3v) is 3.36. The second-order valence-corrected chi connectivity index (χ2v) is 5.10. The summed E-state index contributed by atoms with van der Waals surface area (Å²) in [6, 6.07) is -0.363. The molecule has 0 radical (unpaired) electrons. The fraction of sp³-hybridized carbons (Fsp3) is 0.818. The van der Waals surface area contributed by atoms with E-state index in [0.29, 0.717) is 6.42 Å². The number of hydrogen-bond donors (Lipinski definition) is 2. The maximum atomic E-state index is 12.2. The molecule has 1 heterocycles. The van der Waals surface area contributed by atoms with Crippen LogP contribution in [0.3, 0.4) is 0 Å². The largest absolute Gasteiger partial charge is 0.345 e. The van der Waals surface area contributed by atoms with Crippen LogP contribution in [-0.4, -0.2) is 60.9 Å². The lowest BCUT2D eigenvalue weighted by molar-refractivity contribution is -0.136. The second-order valence-electron chi connectivity index (χ2n) is 4.11. The smallest absolute Gasteiger partial charge is 0.245 e. The lowest BCUT2D eigenvalue weighted by atomic mass is 10.1. The normalized spacial score (nSPS) is 17.6. The number of thioether (sulfide) groups is 1. The average molecular weight is 259 g/mol. The molecule has 0 aromatic heterocycles. The highest BCUT2D eigenvalue weighted by Crippen LogP contribution is 2.05. The van der Waals surface area contributed by atoms with E-state index in [2.05, 4.69) is 10.6 Å². The van der Waals surface area contributed by atoms with Crippen molar-refractivity contribution < 1.29 is 9.59 Å². The topological polar surface area (TPSA) is 61.4 Å². The molecular formula is C11H21N3O2S. The molecule has 2 N–H and O–H groups in total. The van der Waals surface area contributed by atoms with Crippen molar-refractivity contribution in [1.29, 1.82) is 0 Å². The monoisotopic (exact) mass is 259 g/mol. The highest BCUT2D eigenvalue weighted by molar-refractivity contribution is 7.98. The third-order valence-electron chi connectivity index (χ3n) is 2.71. The van der Waals surface area contributed by atoms with Gasteiger partial charge in [0.2, 0.25) is 11.8 Å². The number of carbonyl (C=O) groups is 2. The molecule has 0 spiro atoms. The van der Waals surface area contributed by atoms with E-state index in [1.54, 1.807) is 11.8 Å². The van der Waals surface area contributed by atoms with Crippen LogP contribution < -0.4 is 10.6 Å². The fourth-order valence-corrected chi connectivity index (χ4v) is 2.32. The molecule has 2 amide bonds. The van der Waals surface area contributed by atoms with E-state index in [-0.39, 0.29) is 17.9 Å². The van der Waals surface area contributed by atoms with Gasteiger partial charge in [-0.1, -0.05) is 0 Å². The molecular weight excluding hydrogens is 238 g/mol. The first-order valence-corrected chi connectivity index (χ1v) is 7.30. The zero-order chi connectivity index (χ0) is 12.7. The van der Waals surface area contributed by atoms with Crippen molar-refractivity contribution in [2.24, 2.45) is 0 Å². The molecule has 1 rings (SSSR count). The van der Waals surface area contributed by atoms with Gasteiger partial charge in [0, 0.05) is 33.1 Å². The lowest BCUT2D eigenvalue weighted by Gasteiger charge is -2.31. The van der Waals surface area contributed by atoms with Crippen LogP contribution in [0.1, 0.15) is 13.3 Å². The summed E-state index contributed by atoms with van der Waals surface area (Å²) >= 11 is 1.69.